The molecule has 0 N–H and O–H groups in total. The smallest absolute Gasteiger partial charge is 0.321 e. The van der Waals surface area contributed by atoms with Gasteiger partial charge in [-0.15, -0.1) is 0 Å². The van der Waals surface area contributed by atoms with Gasteiger partial charge in [-0.2, -0.15) is 0 Å². The van der Waals surface area contributed by atoms with Crippen molar-refractivity contribution >= 4 is 17.7 Å². The van der Waals surface area contributed by atoms with E-state index in [2.05, 4.69) is 4.74 Å². The predicted molar refractivity (Wildman–Crippen MR) is 36.8 cm³/mol. The topological polar surface area (TPSA) is 60.4 Å². The molecule has 0 amide bonds. The molecule has 0 aromatic carbocycles. The van der Waals surface area contributed by atoms with Crippen LogP contribution in [0.4, 0.5) is 0 Å². The Morgan fingerprint density at radius 1 is 1.25 bits per heavy atom. The van der Waals surface area contributed by atoms with Gasteiger partial charge in [-0.1, -0.05) is 6.08 Å². The Morgan fingerprint density at radius 3 is 2.75 bits per heavy atom. The van der Waals surface area contributed by atoms with Gasteiger partial charge in [-0.3, -0.25) is 14.4 Å². The van der Waals surface area contributed by atoms with E-state index in [9.17, 15) is 14.4 Å². The fourth-order valence-electron chi connectivity index (χ4n) is 1.47. The Labute approximate surface area is 68.2 Å². The van der Waals surface area contributed by atoms with Gasteiger partial charge in [-0.05, 0) is 6.08 Å². The SMILES string of the molecule is O=C1C=CC2C(=O)OC(=O)C2C1. The van der Waals surface area contributed by atoms with Crippen LogP contribution in [0.3, 0.4) is 0 Å². The van der Waals surface area contributed by atoms with Crippen molar-refractivity contribution in [1.82, 2.24) is 0 Å². The van der Waals surface area contributed by atoms with Crippen molar-refractivity contribution in [2.75, 3.05) is 0 Å². The average Bonchev–Trinajstić information content (AvgIpc) is 2.28. The summed E-state index contributed by atoms with van der Waals surface area (Å²) < 4.78 is 4.38. The van der Waals surface area contributed by atoms with Crippen LogP contribution in [0.25, 0.3) is 0 Å². The fraction of sp³-hybridized carbons (Fsp3) is 0.375. The summed E-state index contributed by atoms with van der Waals surface area (Å²) in [6.07, 6.45) is 2.89. The zero-order valence-electron chi connectivity index (χ0n) is 6.15. The Bertz CT molecular complexity index is 302. The van der Waals surface area contributed by atoms with E-state index in [4.69, 9.17) is 0 Å². The molecule has 0 bridgehead atoms. The third-order valence-corrected chi connectivity index (χ3v) is 2.12. The van der Waals surface area contributed by atoms with Crippen molar-refractivity contribution in [2.45, 2.75) is 6.42 Å². The van der Waals surface area contributed by atoms with Crippen LogP contribution in [0.2, 0.25) is 0 Å². The maximum atomic E-state index is 10.9. The van der Waals surface area contributed by atoms with Crippen LogP contribution in [0, 0.1) is 11.8 Å². The van der Waals surface area contributed by atoms with Gasteiger partial charge in [0, 0.05) is 6.42 Å². The van der Waals surface area contributed by atoms with Gasteiger partial charge in [0.25, 0.3) is 0 Å². The highest BCUT2D eigenvalue weighted by atomic mass is 16.6. The van der Waals surface area contributed by atoms with Crippen molar-refractivity contribution in [1.29, 1.82) is 0 Å². The molecule has 0 spiro atoms. The van der Waals surface area contributed by atoms with Crippen molar-refractivity contribution in [3.05, 3.63) is 12.2 Å². The molecule has 2 aliphatic rings. The van der Waals surface area contributed by atoms with E-state index in [1.165, 1.54) is 12.2 Å². The minimum Gasteiger partial charge on any atom is -0.392 e. The molecular formula is C8H6O4. The lowest BCUT2D eigenvalue weighted by atomic mass is 9.85. The standard InChI is InChI=1S/C8H6O4/c9-4-1-2-5-6(3-4)8(11)12-7(5)10/h1-2,5-6H,3H2. The molecule has 1 aliphatic carbocycles. The maximum absolute atomic E-state index is 10.9. The summed E-state index contributed by atoms with van der Waals surface area (Å²) in [7, 11) is 0. The van der Waals surface area contributed by atoms with Crippen LogP contribution >= 0.6 is 0 Å². The van der Waals surface area contributed by atoms with E-state index in [0.29, 0.717) is 0 Å². The zero-order chi connectivity index (χ0) is 8.72. The molecule has 62 valence electrons. The number of fused-ring (bicyclic) bond motifs is 1. The molecule has 0 aromatic rings. The first-order valence-corrected chi connectivity index (χ1v) is 3.65. The monoisotopic (exact) mass is 166 g/mol. The van der Waals surface area contributed by atoms with Crippen molar-refractivity contribution in [3.8, 4) is 0 Å². The summed E-state index contributed by atoms with van der Waals surface area (Å²) in [5.41, 5.74) is 0. The van der Waals surface area contributed by atoms with Gasteiger partial charge < -0.3 is 4.74 Å². The normalized spacial score (nSPS) is 33.5. The van der Waals surface area contributed by atoms with Gasteiger partial charge in [0.1, 0.15) is 0 Å². The quantitative estimate of drug-likeness (QED) is 0.370. The highest BCUT2D eigenvalue weighted by molar-refractivity contribution is 6.03. The molecule has 0 saturated carbocycles. The lowest BCUT2D eigenvalue weighted by molar-refractivity contribution is -0.153. The maximum Gasteiger partial charge on any atom is 0.321 e. The number of carbonyl (C=O) groups is 3. The van der Waals surface area contributed by atoms with Gasteiger partial charge in [0.15, 0.2) is 5.78 Å². The third kappa shape index (κ3) is 0.879. The Morgan fingerprint density at radius 2 is 2.00 bits per heavy atom. The molecular weight excluding hydrogens is 160 g/mol. The van der Waals surface area contributed by atoms with E-state index in [1.54, 1.807) is 0 Å². The number of ketones is 1. The molecule has 2 atom stereocenters. The van der Waals surface area contributed by atoms with Crippen molar-refractivity contribution < 1.29 is 19.1 Å². The molecule has 1 aliphatic heterocycles. The fourth-order valence-corrected chi connectivity index (χ4v) is 1.47. The Kier molecular flexibility index (Phi) is 1.36. The number of cyclic esters (lactones) is 2. The molecule has 4 nitrogen and oxygen atoms in total. The second-order valence-corrected chi connectivity index (χ2v) is 2.90. The number of hydrogen-bond acceptors (Lipinski definition) is 4. The number of rotatable bonds is 0. The number of ether oxygens (including phenoxy) is 1. The Hall–Kier alpha value is -1.45. The Balaban J connectivity index is 2.34. The summed E-state index contributed by atoms with van der Waals surface area (Å²) in [6, 6.07) is 0. The summed E-state index contributed by atoms with van der Waals surface area (Å²) >= 11 is 0. The first kappa shape index (κ1) is 7.21. The minimum absolute atomic E-state index is 0.103. The predicted octanol–water partition coefficient (Wildman–Crippen LogP) is -0.169. The number of allylic oxidation sites excluding steroid dienone is 1. The lowest BCUT2D eigenvalue weighted by Crippen LogP contribution is -2.22. The number of esters is 2. The third-order valence-electron chi connectivity index (χ3n) is 2.12. The van der Waals surface area contributed by atoms with Crippen LogP contribution in [0.1, 0.15) is 6.42 Å². The zero-order valence-corrected chi connectivity index (χ0v) is 6.15. The largest absolute Gasteiger partial charge is 0.392 e. The summed E-state index contributed by atoms with van der Waals surface area (Å²) in [5.74, 6) is -2.30. The van der Waals surface area contributed by atoms with E-state index in [0.717, 1.165) is 0 Å². The molecule has 2 unspecified atom stereocenters. The van der Waals surface area contributed by atoms with E-state index < -0.39 is 23.8 Å². The lowest BCUT2D eigenvalue weighted by Gasteiger charge is -2.11. The second kappa shape index (κ2) is 2.27. The highest BCUT2D eigenvalue weighted by Crippen LogP contribution is 2.30. The molecule has 4 heteroatoms. The van der Waals surface area contributed by atoms with E-state index >= 15 is 0 Å². The van der Waals surface area contributed by atoms with Crippen LogP contribution in [-0.4, -0.2) is 17.7 Å². The second-order valence-electron chi connectivity index (χ2n) is 2.90. The average molecular weight is 166 g/mol. The van der Waals surface area contributed by atoms with E-state index in [1.807, 2.05) is 0 Å². The van der Waals surface area contributed by atoms with Gasteiger partial charge in [0.05, 0.1) is 11.8 Å². The number of carbonyl (C=O) groups excluding carboxylic acids is 3. The summed E-state index contributed by atoms with van der Waals surface area (Å²) in [5, 5.41) is 0. The molecule has 2 rings (SSSR count). The molecule has 1 saturated heterocycles. The molecule has 1 fully saturated rings. The van der Waals surface area contributed by atoms with Crippen LogP contribution in [-0.2, 0) is 19.1 Å². The molecule has 0 aromatic heterocycles. The van der Waals surface area contributed by atoms with Crippen molar-refractivity contribution in [3.63, 3.8) is 0 Å². The molecule has 12 heavy (non-hydrogen) atoms. The van der Waals surface area contributed by atoms with Gasteiger partial charge in [0.2, 0.25) is 0 Å². The minimum atomic E-state index is -0.567. The van der Waals surface area contributed by atoms with Gasteiger partial charge >= 0.3 is 11.9 Å². The van der Waals surface area contributed by atoms with Crippen LogP contribution < -0.4 is 0 Å². The summed E-state index contributed by atoms with van der Waals surface area (Å²) in [6.45, 7) is 0. The first-order valence-electron chi connectivity index (χ1n) is 3.65. The van der Waals surface area contributed by atoms with E-state index in [-0.39, 0.29) is 12.2 Å². The molecule has 1 heterocycles. The van der Waals surface area contributed by atoms with Gasteiger partial charge in [-0.25, -0.2) is 0 Å². The number of hydrogen-bond donors (Lipinski definition) is 0. The molecule has 0 radical (unpaired) electrons. The summed E-state index contributed by atoms with van der Waals surface area (Å²) in [4.78, 5) is 32.7. The van der Waals surface area contributed by atoms with Crippen molar-refractivity contribution in [2.24, 2.45) is 11.8 Å². The van der Waals surface area contributed by atoms with Crippen LogP contribution in [0.5, 0.6) is 0 Å². The first-order chi connectivity index (χ1) is 5.68. The highest BCUT2D eigenvalue weighted by Gasteiger charge is 2.45. The van der Waals surface area contributed by atoms with Crippen LogP contribution in [0.15, 0.2) is 12.2 Å².